The first-order valence-corrected chi connectivity index (χ1v) is 8.35. The molecule has 124 valence electrons. The second-order valence-corrected chi connectivity index (χ2v) is 6.35. The van der Waals surface area contributed by atoms with Crippen LogP contribution in [0.15, 0.2) is 30.3 Å². The number of rotatable bonds is 5. The number of urea groups is 1. The molecule has 0 aromatic heterocycles. The van der Waals surface area contributed by atoms with Gasteiger partial charge in [0.1, 0.15) is 11.9 Å². The van der Waals surface area contributed by atoms with E-state index in [0.29, 0.717) is 12.5 Å². The maximum Gasteiger partial charge on any atom is 0.329 e. The molecule has 0 bridgehead atoms. The highest BCUT2D eigenvalue weighted by Gasteiger charge is 2.49. The minimum Gasteiger partial charge on any atom is -0.359 e. The van der Waals surface area contributed by atoms with Crippen molar-refractivity contribution in [1.82, 2.24) is 15.1 Å². The monoisotopic (exact) mass is 316 g/mol. The number of nitrogens with one attached hydrogen (secondary N) is 1. The predicted octanol–water partition coefficient (Wildman–Crippen LogP) is 1.90. The first-order valence-electron chi connectivity index (χ1n) is 8.35. The number of fused-ring (bicyclic) bond motifs is 1. The fourth-order valence-corrected chi connectivity index (χ4v) is 3.68. The van der Waals surface area contributed by atoms with Crippen molar-refractivity contribution in [2.24, 2.45) is 10.9 Å². The summed E-state index contributed by atoms with van der Waals surface area (Å²) in [5.41, 5.74) is 0. The van der Waals surface area contributed by atoms with Crippen molar-refractivity contribution < 1.29 is 9.59 Å². The van der Waals surface area contributed by atoms with E-state index in [4.69, 9.17) is 4.99 Å². The van der Waals surface area contributed by atoms with Crippen molar-refractivity contribution in [3.05, 3.63) is 25.3 Å². The molecule has 6 nitrogen and oxygen atoms in total. The van der Waals surface area contributed by atoms with Gasteiger partial charge in [0, 0.05) is 19.0 Å². The Hall–Kier alpha value is -2.11. The molecule has 2 atom stereocenters. The molecule has 23 heavy (non-hydrogen) atoms. The van der Waals surface area contributed by atoms with Crippen molar-refractivity contribution in [1.29, 1.82) is 0 Å². The molecule has 3 amide bonds. The number of amidine groups is 1. The second-order valence-electron chi connectivity index (χ2n) is 6.35. The lowest BCUT2D eigenvalue weighted by Crippen LogP contribution is -2.65. The van der Waals surface area contributed by atoms with Crippen LogP contribution in [-0.4, -0.2) is 52.9 Å². The molecule has 6 heteroatoms. The lowest BCUT2D eigenvalue weighted by molar-refractivity contribution is -0.134. The number of amides is 3. The van der Waals surface area contributed by atoms with Crippen LogP contribution in [0.1, 0.15) is 32.1 Å². The topological polar surface area (TPSA) is 65.0 Å². The van der Waals surface area contributed by atoms with Gasteiger partial charge in [-0.25, -0.2) is 9.79 Å². The van der Waals surface area contributed by atoms with Gasteiger partial charge in [-0.1, -0.05) is 31.4 Å². The zero-order chi connectivity index (χ0) is 16.4. The van der Waals surface area contributed by atoms with E-state index in [9.17, 15) is 9.59 Å². The van der Waals surface area contributed by atoms with Crippen LogP contribution in [0, 0.1) is 5.92 Å². The molecule has 0 aromatic carbocycles. The van der Waals surface area contributed by atoms with E-state index in [2.05, 4.69) is 18.5 Å². The smallest absolute Gasteiger partial charge is 0.329 e. The molecule has 0 spiro atoms. The van der Waals surface area contributed by atoms with Gasteiger partial charge in [-0.15, -0.1) is 13.2 Å². The lowest BCUT2D eigenvalue weighted by Gasteiger charge is -2.39. The third-order valence-corrected chi connectivity index (χ3v) is 4.83. The first kappa shape index (κ1) is 15.8. The maximum absolute atomic E-state index is 12.7. The maximum atomic E-state index is 12.7. The Bertz CT molecular complexity index is 551. The average molecular weight is 316 g/mol. The van der Waals surface area contributed by atoms with E-state index in [1.54, 1.807) is 17.1 Å². The largest absolute Gasteiger partial charge is 0.359 e. The standard InChI is InChI=1S/C17H24N4O2/c1-3-10-20-15-13(16(22)21(11-4-2)17(20)23)18-14(19-15)12-8-6-5-7-9-12/h3-4,12-13,15H,1-2,5-11H2,(H,18,19). The highest BCUT2D eigenvalue weighted by Crippen LogP contribution is 2.30. The molecule has 0 aromatic rings. The Morgan fingerprint density at radius 1 is 1.13 bits per heavy atom. The number of hydrogen-bond acceptors (Lipinski definition) is 4. The summed E-state index contributed by atoms with van der Waals surface area (Å²) in [4.78, 5) is 32.8. The number of nitrogens with zero attached hydrogens (tertiary/aromatic N) is 3. The minimum absolute atomic E-state index is 0.213. The fraction of sp³-hybridized carbons (Fsp3) is 0.588. The summed E-state index contributed by atoms with van der Waals surface area (Å²) in [6.45, 7) is 7.95. The van der Waals surface area contributed by atoms with Gasteiger partial charge in [0.05, 0.1) is 0 Å². The number of hydrogen-bond donors (Lipinski definition) is 1. The number of carbonyl (C=O) groups is 2. The van der Waals surface area contributed by atoms with E-state index in [1.165, 1.54) is 24.2 Å². The van der Waals surface area contributed by atoms with Crippen LogP contribution in [0.2, 0.25) is 0 Å². The van der Waals surface area contributed by atoms with Gasteiger partial charge in [-0.3, -0.25) is 14.6 Å². The quantitative estimate of drug-likeness (QED) is 0.788. The van der Waals surface area contributed by atoms with E-state index in [1.807, 2.05) is 0 Å². The van der Waals surface area contributed by atoms with Crippen LogP contribution in [0.4, 0.5) is 4.79 Å². The molecule has 1 N–H and O–H groups in total. The summed E-state index contributed by atoms with van der Waals surface area (Å²) in [5.74, 6) is 1.07. The van der Waals surface area contributed by atoms with E-state index in [0.717, 1.165) is 18.7 Å². The van der Waals surface area contributed by atoms with Gasteiger partial charge < -0.3 is 5.32 Å². The summed E-state index contributed by atoms with van der Waals surface area (Å²) >= 11 is 0. The lowest BCUT2D eigenvalue weighted by atomic mass is 9.88. The highest BCUT2D eigenvalue weighted by molar-refractivity contribution is 6.04. The van der Waals surface area contributed by atoms with E-state index in [-0.39, 0.29) is 18.5 Å². The van der Waals surface area contributed by atoms with Crippen LogP contribution in [0.3, 0.4) is 0 Å². The summed E-state index contributed by atoms with van der Waals surface area (Å²) < 4.78 is 0. The Morgan fingerprint density at radius 2 is 1.83 bits per heavy atom. The summed E-state index contributed by atoms with van der Waals surface area (Å²) in [7, 11) is 0. The Balaban J connectivity index is 1.85. The Kier molecular flexibility index (Phi) is 4.50. The normalized spacial score (nSPS) is 28.3. The third-order valence-electron chi connectivity index (χ3n) is 4.83. The molecular weight excluding hydrogens is 292 g/mol. The van der Waals surface area contributed by atoms with Crippen molar-refractivity contribution >= 4 is 17.8 Å². The summed E-state index contributed by atoms with van der Waals surface area (Å²) in [6.07, 6.45) is 8.66. The molecule has 1 saturated heterocycles. The van der Waals surface area contributed by atoms with Crippen LogP contribution in [0.5, 0.6) is 0 Å². The second kappa shape index (κ2) is 6.56. The average Bonchev–Trinajstić information content (AvgIpc) is 3.02. The molecule has 2 heterocycles. The van der Waals surface area contributed by atoms with Crippen molar-refractivity contribution in [3.8, 4) is 0 Å². The number of carbonyl (C=O) groups excluding carboxylic acids is 2. The van der Waals surface area contributed by atoms with Gasteiger partial charge in [0.2, 0.25) is 0 Å². The molecule has 2 aliphatic heterocycles. The highest BCUT2D eigenvalue weighted by atomic mass is 16.2. The molecule has 0 radical (unpaired) electrons. The summed E-state index contributed by atoms with van der Waals surface area (Å²) in [6, 6.07) is -0.795. The number of imide groups is 1. The minimum atomic E-state index is -0.482. The van der Waals surface area contributed by atoms with Crippen LogP contribution < -0.4 is 5.32 Å². The van der Waals surface area contributed by atoms with Gasteiger partial charge in [0.15, 0.2) is 6.17 Å². The summed E-state index contributed by atoms with van der Waals surface area (Å²) in [5, 5.41) is 3.31. The molecular formula is C17H24N4O2. The molecule has 3 rings (SSSR count). The van der Waals surface area contributed by atoms with Gasteiger partial charge in [-0.2, -0.15) is 0 Å². The van der Waals surface area contributed by atoms with Crippen LogP contribution in [-0.2, 0) is 4.79 Å². The molecule has 2 unspecified atom stereocenters. The molecule has 3 aliphatic rings. The Morgan fingerprint density at radius 3 is 2.48 bits per heavy atom. The van der Waals surface area contributed by atoms with E-state index < -0.39 is 12.2 Å². The first-order chi connectivity index (χ1) is 11.2. The molecule has 1 saturated carbocycles. The predicted molar refractivity (Wildman–Crippen MR) is 88.9 cm³/mol. The van der Waals surface area contributed by atoms with Crippen molar-refractivity contribution in [3.63, 3.8) is 0 Å². The van der Waals surface area contributed by atoms with Gasteiger partial charge in [-0.05, 0) is 12.8 Å². The van der Waals surface area contributed by atoms with Crippen LogP contribution >= 0.6 is 0 Å². The van der Waals surface area contributed by atoms with E-state index >= 15 is 0 Å². The molecule has 1 aliphatic carbocycles. The molecule has 2 fully saturated rings. The number of aliphatic imine (C=N–C) groups is 1. The third kappa shape index (κ3) is 2.78. The zero-order valence-corrected chi connectivity index (χ0v) is 13.4. The van der Waals surface area contributed by atoms with Gasteiger partial charge in [0.25, 0.3) is 5.91 Å². The van der Waals surface area contributed by atoms with Crippen molar-refractivity contribution in [2.75, 3.05) is 13.1 Å². The van der Waals surface area contributed by atoms with Crippen LogP contribution in [0.25, 0.3) is 0 Å². The fourth-order valence-electron chi connectivity index (χ4n) is 3.68. The Labute approximate surface area is 136 Å². The SMILES string of the molecule is C=CCN1C(=O)C2NC(C3CCCCC3)=NC2N(CC=C)C1=O. The zero-order valence-electron chi connectivity index (χ0n) is 13.4. The van der Waals surface area contributed by atoms with Crippen molar-refractivity contribution in [2.45, 2.75) is 44.3 Å². The van der Waals surface area contributed by atoms with Gasteiger partial charge >= 0.3 is 6.03 Å².